The van der Waals surface area contributed by atoms with Gasteiger partial charge in [-0.2, -0.15) is 0 Å². The highest BCUT2D eigenvalue weighted by Gasteiger charge is 2.65. The van der Waals surface area contributed by atoms with Crippen molar-refractivity contribution in [1.29, 1.82) is 0 Å². The summed E-state index contributed by atoms with van der Waals surface area (Å²) in [5.41, 5.74) is -0.379. The standard InChI is InChI=1S/C46H78N6O12/c1-30(8-11-40(57)58)33-9-10-34-44-35(25-37(54)46(33,34)3)45(2)13-12-32(23-31(45)24-36(44)53)48-38(55)7-5-4-6-14-47-39(56)26-49-15-17-50(27-41(59)60)19-21-52(29-43(63)64)22-20-51(18-16-49)28-42(61)62/h30-37,44,53-54H,4-29H2,1-3H3,(H,47,56)(H,48,55)(H,57,58)(H,59,60)(H,61,62)(H,63,64)/t30-,31+,32+,33-,34+,35+,36-,37+,44+,45+,46-/m1/s1. The number of nitrogens with zero attached hydrogens (tertiary/aromatic N) is 4. The van der Waals surface area contributed by atoms with Gasteiger partial charge < -0.3 is 41.3 Å². The first-order valence-electron chi connectivity index (χ1n) is 24.0. The van der Waals surface area contributed by atoms with Gasteiger partial charge in [-0.05, 0) is 111 Å². The number of carbonyl (C=O) groups excluding carboxylic acids is 2. The van der Waals surface area contributed by atoms with Crippen LogP contribution in [0.2, 0.25) is 0 Å². The van der Waals surface area contributed by atoms with Gasteiger partial charge in [0.25, 0.3) is 0 Å². The summed E-state index contributed by atoms with van der Waals surface area (Å²) in [6.45, 7) is 9.01. The summed E-state index contributed by atoms with van der Waals surface area (Å²) >= 11 is 0. The molecule has 5 fully saturated rings. The van der Waals surface area contributed by atoms with Gasteiger partial charge in [0.2, 0.25) is 11.8 Å². The van der Waals surface area contributed by atoms with Crippen molar-refractivity contribution in [3.05, 3.63) is 0 Å². The predicted octanol–water partition coefficient (Wildman–Crippen LogP) is 1.72. The number of hydrogen-bond acceptors (Lipinski definition) is 12. The number of aliphatic hydroxyl groups is 2. The molecule has 5 rings (SSSR count). The van der Waals surface area contributed by atoms with Gasteiger partial charge in [0.1, 0.15) is 0 Å². The van der Waals surface area contributed by atoms with E-state index in [1.165, 1.54) is 0 Å². The lowest BCUT2D eigenvalue weighted by Crippen LogP contribution is -2.63. The Hall–Kier alpha value is -3.42. The van der Waals surface area contributed by atoms with Crippen LogP contribution in [0.1, 0.15) is 104 Å². The topological polar surface area (TPSA) is 261 Å². The third-order valence-electron chi connectivity index (χ3n) is 16.5. The summed E-state index contributed by atoms with van der Waals surface area (Å²) in [7, 11) is 0. The van der Waals surface area contributed by atoms with Gasteiger partial charge in [0.15, 0.2) is 0 Å². The zero-order valence-corrected chi connectivity index (χ0v) is 38.5. The maximum Gasteiger partial charge on any atom is 0.317 e. The van der Waals surface area contributed by atoms with Crippen LogP contribution in [0.15, 0.2) is 0 Å². The molecule has 18 nitrogen and oxygen atoms in total. The average molecular weight is 907 g/mol. The van der Waals surface area contributed by atoms with Crippen LogP contribution in [0.5, 0.6) is 0 Å². The molecule has 0 radical (unpaired) electrons. The molecule has 0 aromatic carbocycles. The third-order valence-corrected chi connectivity index (χ3v) is 16.5. The first-order valence-corrected chi connectivity index (χ1v) is 24.0. The maximum absolute atomic E-state index is 13.1. The molecule has 364 valence electrons. The highest BCUT2D eigenvalue weighted by Crippen LogP contribution is 2.68. The lowest BCUT2D eigenvalue weighted by Gasteiger charge is -2.63. The van der Waals surface area contributed by atoms with Crippen molar-refractivity contribution >= 4 is 35.7 Å². The Morgan fingerprint density at radius 2 is 1.17 bits per heavy atom. The Morgan fingerprint density at radius 3 is 1.70 bits per heavy atom. The van der Waals surface area contributed by atoms with Crippen LogP contribution in [0, 0.1) is 46.3 Å². The van der Waals surface area contributed by atoms with Gasteiger partial charge >= 0.3 is 23.9 Å². The van der Waals surface area contributed by atoms with E-state index in [9.17, 15) is 59.4 Å². The van der Waals surface area contributed by atoms with Gasteiger partial charge in [-0.15, -0.1) is 0 Å². The van der Waals surface area contributed by atoms with Crippen LogP contribution >= 0.6 is 0 Å². The normalized spacial score (nSPS) is 33.9. The Kier molecular flexibility index (Phi) is 18.8. The quantitative estimate of drug-likeness (QED) is 0.0859. The molecule has 11 atom stereocenters. The zero-order chi connectivity index (χ0) is 46.8. The van der Waals surface area contributed by atoms with Crippen LogP contribution in [0.4, 0.5) is 0 Å². The molecule has 4 aliphatic carbocycles. The van der Waals surface area contributed by atoms with E-state index in [0.717, 1.165) is 38.5 Å². The van der Waals surface area contributed by atoms with E-state index in [4.69, 9.17) is 0 Å². The van der Waals surface area contributed by atoms with E-state index >= 15 is 0 Å². The molecule has 64 heavy (non-hydrogen) atoms. The molecule has 5 aliphatic rings. The summed E-state index contributed by atoms with van der Waals surface area (Å²) in [5.74, 6) is -2.88. The summed E-state index contributed by atoms with van der Waals surface area (Å²) in [5, 5.41) is 67.5. The zero-order valence-electron chi connectivity index (χ0n) is 38.5. The molecule has 2 amide bonds. The molecule has 0 bridgehead atoms. The Morgan fingerprint density at radius 1 is 0.625 bits per heavy atom. The second-order valence-corrected chi connectivity index (χ2v) is 20.5. The van der Waals surface area contributed by atoms with E-state index in [-0.39, 0.29) is 96.8 Å². The van der Waals surface area contributed by atoms with Crippen molar-refractivity contribution < 1.29 is 59.4 Å². The fraction of sp³-hybridized carbons (Fsp3) is 0.870. The fourth-order valence-corrected chi connectivity index (χ4v) is 13.0. The van der Waals surface area contributed by atoms with E-state index < -0.39 is 36.1 Å². The number of carboxylic acids is 4. The molecular weight excluding hydrogens is 829 g/mol. The molecule has 1 heterocycles. The van der Waals surface area contributed by atoms with Gasteiger partial charge in [0, 0.05) is 77.8 Å². The minimum absolute atomic E-state index is 0.00326. The second kappa shape index (κ2) is 23.3. The van der Waals surface area contributed by atoms with Gasteiger partial charge in [-0.3, -0.25) is 48.4 Å². The molecule has 0 spiro atoms. The number of aliphatic carboxylic acids is 4. The lowest BCUT2D eigenvalue weighted by molar-refractivity contribution is -0.202. The Balaban J connectivity index is 1.03. The molecule has 0 aromatic rings. The molecule has 0 unspecified atom stereocenters. The number of fused-ring (bicyclic) bond motifs is 5. The largest absolute Gasteiger partial charge is 0.481 e. The number of hydrogen-bond donors (Lipinski definition) is 8. The van der Waals surface area contributed by atoms with Crippen molar-refractivity contribution in [3.8, 4) is 0 Å². The van der Waals surface area contributed by atoms with Crippen molar-refractivity contribution in [2.45, 2.75) is 122 Å². The van der Waals surface area contributed by atoms with E-state index in [1.54, 1.807) is 14.7 Å². The van der Waals surface area contributed by atoms with Crippen LogP contribution in [-0.4, -0.2) is 189 Å². The number of carboxylic acid groups (broad SMARTS) is 4. The highest BCUT2D eigenvalue weighted by atomic mass is 16.4. The highest BCUT2D eigenvalue weighted by molar-refractivity contribution is 5.78. The number of aliphatic hydroxyl groups excluding tert-OH is 2. The third kappa shape index (κ3) is 13.6. The van der Waals surface area contributed by atoms with Crippen molar-refractivity contribution in [1.82, 2.24) is 30.2 Å². The molecule has 8 N–H and O–H groups in total. The number of carbonyl (C=O) groups is 6. The van der Waals surface area contributed by atoms with E-state index in [0.29, 0.717) is 97.4 Å². The monoisotopic (exact) mass is 907 g/mol. The first-order chi connectivity index (χ1) is 30.3. The lowest BCUT2D eigenvalue weighted by atomic mass is 9.43. The average Bonchev–Trinajstić information content (AvgIpc) is 3.57. The van der Waals surface area contributed by atoms with Crippen molar-refractivity contribution in [2.75, 3.05) is 85.1 Å². The van der Waals surface area contributed by atoms with E-state index in [2.05, 4.69) is 31.4 Å². The molecule has 4 saturated carbocycles. The minimum Gasteiger partial charge on any atom is -0.481 e. The summed E-state index contributed by atoms with van der Waals surface area (Å²) in [4.78, 5) is 79.1. The van der Waals surface area contributed by atoms with Crippen LogP contribution in [0.25, 0.3) is 0 Å². The van der Waals surface area contributed by atoms with E-state index in [1.807, 2.05) is 4.90 Å². The van der Waals surface area contributed by atoms with Crippen LogP contribution < -0.4 is 10.6 Å². The number of nitrogens with one attached hydrogen (secondary N) is 2. The fourth-order valence-electron chi connectivity index (χ4n) is 13.0. The van der Waals surface area contributed by atoms with Crippen LogP contribution in [0.3, 0.4) is 0 Å². The predicted molar refractivity (Wildman–Crippen MR) is 236 cm³/mol. The molecule has 18 heteroatoms. The van der Waals surface area contributed by atoms with Crippen molar-refractivity contribution in [3.63, 3.8) is 0 Å². The molecule has 1 aliphatic heterocycles. The Bertz CT molecular complexity index is 1590. The first kappa shape index (κ1) is 51.6. The number of unbranched alkanes of at least 4 members (excludes halogenated alkanes) is 2. The summed E-state index contributed by atoms with van der Waals surface area (Å²) in [6, 6.07) is 0.0307. The van der Waals surface area contributed by atoms with Crippen LogP contribution in [-0.2, 0) is 28.8 Å². The summed E-state index contributed by atoms with van der Waals surface area (Å²) < 4.78 is 0. The van der Waals surface area contributed by atoms with Gasteiger partial charge in [-0.25, -0.2) is 0 Å². The minimum atomic E-state index is -1.02. The SMILES string of the molecule is C[C@H](CCC(=O)O)[C@H]1CC[C@H]2[C@@H]3[C@H](O)C[C@@H]4C[C@@H](NC(=O)CCCCCNC(=O)CN5CCN(CC(=O)O)CCN(CC(=O)O)CCN(CC(=O)O)CC5)CC[C@]4(C)[C@H]3C[C@H](O)[C@]12C. The second-order valence-electron chi connectivity index (χ2n) is 20.5. The summed E-state index contributed by atoms with van der Waals surface area (Å²) in [6.07, 6.45) is 8.06. The molecule has 0 aromatic heterocycles. The molecule has 1 saturated heterocycles. The Labute approximate surface area is 378 Å². The molecular formula is C46H78N6O12. The maximum atomic E-state index is 13.1. The van der Waals surface area contributed by atoms with Gasteiger partial charge in [0.05, 0.1) is 38.4 Å². The van der Waals surface area contributed by atoms with Gasteiger partial charge in [-0.1, -0.05) is 27.2 Å². The number of amides is 2. The smallest absolute Gasteiger partial charge is 0.317 e. The van der Waals surface area contributed by atoms with Crippen molar-refractivity contribution in [2.24, 2.45) is 46.3 Å². The number of rotatable bonds is 19.